The average Bonchev–Trinajstić information content (AvgIpc) is 3.70. The van der Waals surface area contributed by atoms with Gasteiger partial charge >= 0.3 is 6.18 Å². The monoisotopic (exact) mass is 937 g/mol. The third-order valence-electron chi connectivity index (χ3n) is 13.6. The van der Waals surface area contributed by atoms with E-state index in [2.05, 4.69) is 15.3 Å². The van der Waals surface area contributed by atoms with Crippen LogP contribution in [0.25, 0.3) is 0 Å². The highest BCUT2D eigenvalue weighted by Gasteiger charge is 2.71. The van der Waals surface area contributed by atoms with E-state index in [0.717, 1.165) is 11.3 Å². The summed E-state index contributed by atoms with van der Waals surface area (Å²) >= 11 is 12.7. The van der Waals surface area contributed by atoms with Gasteiger partial charge < -0.3 is 19.5 Å². The first-order valence-corrected chi connectivity index (χ1v) is 22.1. The SMILES string of the molecule is O=C1C2CC3C(=CCC4C(=O)N(c5ccc(N6CCOCC6)cc5)C(=O)C43)C(c3ccc(OCc4ccccc4)cc3O)C2(c2ccc(Cl)cc2)C(=O)N1Nc1ncc(C(F)(F)F)cc1Cl. The van der Waals surface area contributed by atoms with Gasteiger partial charge in [-0.2, -0.15) is 18.2 Å². The summed E-state index contributed by atoms with van der Waals surface area (Å²) in [6.07, 6.45) is -2.36. The first kappa shape index (κ1) is 43.5. The molecule has 6 atom stereocenters. The highest BCUT2D eigenvalue weighted by Crippen LogP contribution is 2.65. The number of imide groups is 2. The van der Waals surface area contributed by atoms with Crippen molar-refractivity contribution in [3.63, 3.8) is 0 Å². The van der Waals surface area contributed by atoms with E-state index < -0.39 is 75.4 Å². The van der Waals surface area contributed by atoms with Gasteiger partial charge in [-0.15, -0.1) is 0 Å². The Hall–Kier alpha value is -6.42. The number of fused-ring (bicyclic) bond motifs is 4. The van der Waals surface area contributed by atoms with Gasteiger partial charge in [-0.05, 0) is 78.4 Å². The number of amides is 4. The Morgan fingerprint density at radius 2 is 1.56 bits per heavy atom. The van der Waals surface area contributed by atoms with Crippen LogP contribution in [-0.4, -0.2) is 65.0 Å². The van der Waals surface area contributed by atoms with Crippen LogP contribution in [0.1, 0.15) is 41.0 Å². The quantitative estimate of drug-likeness (QED) is 0.109. The molecule has 0 radical (unpaired) electrons. The number of halogens is 5. The molecule has 4 fully saturated rings. The number of hydrogen-bond donors (Lipinski definition) is 2. The van der Waals surface area contributed by atoms with Gasteiger partial charge in [-0.1, -0.05) is 83.4 Å². The lowest BCUT2D eigenvalue weighted by Gasteiger charge is -2.50. The van der Waals surface area contributed by atoms with E-state index in [0.29, 0.717) is 71.2 Å². The predicted molar refractivity (Wildman–Crippen MR) is 238 cm³/mol. The van der Waals surface area contributed by atoms with Crippen LogP contribution in [0.15, 0.2) is 121 Å². The first-order chi connectivity index (χ1) is 31.7. The summed E-state index contributed by atoms with van der Waals surface area (Å²) in [6, 6.07) is 28.3. The minimum absolute atomic E-state index is 0.0923. The van der Waals surface area contributed by atoms with Crippen molar-refractivity contribution in [3.05, 3.63) is 153 Å². The smallest absolute Gasteiger partial charge is 0.417 e. The number of carbonyl (C=O) groups is 4. The number of aromatic hydroxyl groups is 1. The Morgan fingerprint density at radius 1 is 0.848 bits per heavy atom. The number of nitrogens with zero attached hydrogens (tertiary/aromatic N) is 4. The molecule has 338 valence electrons. The fourth-order valence-corrected chi connectivity index (χ4v) is 10.9. The molecule has 4 heterocycles. The van der Waals surface area contributed by atoms with Gasteiger partial charge in [0.1, 0.15) is 18.1 Å². The summed E-state index contributed by atoms with van der Waals surface area (Å²) in [5, 5.41) is 12.7. The van der Waals surface area contributed by atoms with Crippen LogP contribution in [0.4, 0.5) is 30.4 Å². The largest absolute Gasteiger partial charge is 0.508 e. The summed E-state index contributed by atoms with van der Waals surface area (Å²) in [5.74, 6) is -7.74. The van der Waals surface area contributed by atoms with Crippen molar-refractivity contribution in [2.45, 2.75) is 37.0 Å². The minimum atomic E-state index is -4.78. The van der Waals surface area contributed by atoms with Gasteiger partial charge in [-0.3, -0.25) is 29.5 Å². The number of hydrazine groups is 1. The lowest BCUT2D eigenvalue weighted by atomic mass is 9.49. The summed E-state index contributed by atoms with van der Waals surface area (Å²) in [5.41, 5.74) is 2.98. The molecule has 2 N–H and O–H groups in total. The van der Waals surface area contributed by atoms with E-state index in [9.17, 15) is 27.9 Å². The number of anilines is 3. The van der Waals surface area contributed by atoms with Gasteiger partial charge in [0.25, 0.3) is 11.8 Å². The number of phenolic OH excluding ortho intramolecular Hbond substituents is 1. The number of hydrogen-bond acceptors (Lipinski definition) is 10. The van der Waals surface area contributed by atoms with Crippen molar-refractivity contribution >= 4 is 64.0 Å². The Morgan fingerprint density at radius 3 is 2.24 bits per heavy atom. The maximum Gasteiger partial charge on any atom is 0.417 e. The molecule has 4 amide bonds. The van der Waals surface area contributed by atoms with Crippen molar-refractivity contribution in [1.82, 2.24) is 9.99 Å². The van der Waals surface area contributed by atoms with Crippen molar-refractivity contribution in [2.24, 2.45) is 23.7 Å². The maximum atomic E-state index is 15.6. The number of alkyl halides is 3. The lowest BCUT2D eigenvalue weighted by Crippen LogP contribution is -2.53. The number of morpholine rings is 1. The molecule has 12 nitrogen and oxygen atoms in total. The zero-order valence-electron chi connectivity index (χ0n) is 34.9. The fraction of sp³-hybridized carbons (Fsp3) is 0.286. The van der Waals surface area contributed by atoms with Crippen LogP contribution in [0.5, 0.6) is 11.5 Å². The number of phenols is 1. The van der Waals surface area contributed by atoms with Gasteiger partial charge in [0.2, 0.25) is 11.8 Å². The number of benzene rings is 4. The Bertz CT molecular complexity index is 2790. The molecule has 5 aromatic rings. The molecule has 3 saturated heterocycles. The van der Waals surface area contributed by atoms with Crippen LogP contribution < -0.4 is 20.0 Å². The van der Waals surface area contributed by atoms with Crippen molar-refractivity contribution < 1.29 is 46.9 Å². The number of pyridine rings is 1. The zero-order chi connectivity index (χ0) is 46.1. The number of ether oxygens (including phenoxy) is 2. The average molecular weight is 939 g/mol. The first-order valence-electron chi connectivity index (χ1n) is 21.4. The van der Waals surface area contributed by atoms with E-state index in [4.69, 9.17) is 32.7 Å². The standard InChI is InChI=1S/C49H40Cl2F3N5O7/c50-30-8-6-28(7-9-30)48-38(45(62)59(47(48)64)56-43-39(51)22-29(25-55-43)49(52,53)54)24-37-34(42(48)35-15-14-33(23-40(35)60)66-26-27-4-2-1-3-5-27)16-17-36-41(37)46(63)58(44(36)61)32-12-10-31(11-13-32)57-18-20-65-21-19-57/h1-16,22-23,25,36-38,41-42,60H,17-21,24,26H2,(H,55,56). The molecule has 10 rings (SSSR count). The summed E-state index contributed by atoms with van der Waals surface area (Å²) in [4.78, 5) is 67.2. The predicted octanol–water partition coefficient (Wildman–Crippen LogP) is 8.72. The van der Waals surface area contributed by atoms with Gasteiger partial charge in [0, 0.05) is 47.5 Å². The molecule has 1 saturated carbocycles. The number of allylic oxidation sites excluding steroid dienone is 2. The third kappa shape index (κ3) is 7.24. The van der Waals surface area contributed by atoms with Gasteiger partial charge in [0.15, 0.2) is 5.82 Å². The van der Waals surface area contributed by atoms with E-state index >= 15 is 9.59 Å². The minimum Gasteiger partial charge on any atom is -0.508 e. The summed E-state index contributed by atoms with van der Waals surface area (Å²) in [7, 11) is 0. The molecule has 1 aromatic heterocycles. The molecule has 0 bridgehead atoms. The van der Waals surface area contributed by atoms with E-state index in [1.807, 2.05) is 48.5 Å². The normalized spacial score (nSPS) is 25.1. The fourth-order valence-electron chi connectivity index (χ4n) is 10.6. The molecular weight excluding hydrogens is 898 g/mol. The van der Waals surface area contributed by atoms with Crippen LogP contribution >= 0.6 is 23.2 Å². The summed E-state index contributed by atoms with van der Waals surface area (Å²) in [6.45, 7) is 2.74. The van der Waals surface area contributed by atoms with Crippen LogP contribution in [0.3, 0.4) is 0 Å². The van der Waals surface area contributed by atoms with E-state index in [1.165, 1.54) is 11.0 Å². The van der Waals surface area contributed by atoms with Crippen molar-refractivity contribution in [2.75, 3.05) is 41.5 Å². The van der Waals surface area contributed by atoms with Gasteiger partial charge in [0.05, 0.1) is 52.7 Å². The molecule has 4 aromatic carbocycles. The lowest BCUT2D eigenvalue weighted by molar-refractivity contribution is -0.139. The number of rotatable bonds is 9. The molecular formula is C49H40Cl2F3N5O7. The second kappa shape index (κ2) is 16.8. The Labute approximate surface area is 386 Å². The molecule has 6 unspecified atom stereocenters. The van der Waals surface area contributed by atoms with Crippen molar-refractivity contribution in [1.29, 1.82) is 0 Å². The van der Waals surface area contributed by atoms with E-state index in [1.54, 1.807) is 48.5 Å². The van der Waals surface area contributed by atoms with Crippen LogP contribution in [0.2, 0.25) is 10.0 Å². The highest BCUT2D eigenvalue weighted by atomic mass is 35.5. The second-order valence-corrected chi connectivity index (χ2v) is 17.9. The van der Waals surface area contributed by atoms with Crippen LogP contribution in [-0.2, 0) is 42.1 Å². The topological polar surface area (TPSA) is 142 Å². The Balaban J connectivity index is 1.09. The van der Waals surface area contributed by atoms with Crippen LogP contribution in [0, 0.1) is 23.7 Å². The highest BCUT2D eigenvalue weighted by molar-refractivity contribution is 6.33. The molecule has 0 spiro atoms. The molecule has 17 heteroatoms. The molecule has 5 aliphatic rings. The zero-order valence-corrected chi connectivity index (χ0v) is 36.4. The van der Waals surface area contributed by atoms with E-state index in [-0.39, 0.29) is 36.6 Å². The number of nitrogens with one attached hydrogen (secondary N) is 1. The number of carbonyl (C=O) groups excluding carboxylic acids is 4. The maximum absolute atomic E-state index is 15.6. The Kier molecular flexibility index (Phi) is 11.1. The molecule has 2 aliphatic carbocycles. The second-order valence-electron chi connectivity index (χ2n) is 17.0. The number of aromatic nitrogens is 1. The molecule has 66 heavy (non-hydrogen) atoms. The van der Waals surface area contributed by atoms with Crippen molar-refractivity contribution in [3.8, 4) is 11.5 Å². The van der Waals surface area contributed by atoms with Gasteiger partial charge in [-0.25, -0.2) is 4.98 Å². The third-order valence-corrected chi connectivity index (χ3v) is 14.1. The molecule has 3 aliphatic heterocycles. The summed E-state index contributed by atoms with van der Waals surface area (Å²) < 4.78 is 52.5.